The average molecular weight is 409 g/mol. The van der Waals surface area contributed by atoms with E-state index in [4.69, 9.17) is 4.74 Å². The number of hydrogen-bond acceptors (Lipinski definition) is 6. The van der Waals surface area contributed by atoms with E-state index in [0.29, 0.717) is 24.3 Å². The van der Waals surface area contributed by atoms with Gasteiger partial charge in [-0.25, -0.2) is 0 Å². The molecule has 1 amide bonds. The van der Waals surface area contributed by atoms with Crippen molar-refractivity contribution in [1.82, 2.24) is 14.8 Å². The fourth-order valence-electron chi connectivity index (χ4n) is 3.74. The standard InChI is InChI=1S/C23H27N3O4/c1-15-14-17(6-7-18(15)30-4)21(27)19-20(16-8-10-24-11-9-16)26(23(29)22(19)28)13-5-12-25(2)3/h6-11,14,20,27H,5,12-13H2,1-4H3/t20-/m0/s1. The number of carbonyl (C=O) groups excluding carboxylic acids is 2. The molecule has 2 heterocycles. The van der Waals surface area contributed by atoms with Crippen molar-refractivity contribution in [3.05, 3.63) is 65.0 Å². The van der Waals surface area contributed by atoms with E-state index in [1.165, 1.54) is 0 Å². The maximum Gasteiger partial charge on any atom is 0.295 e. The van der Waals surface area contributed by atoms with Gasteiger partial charge in [0.05, 0.1) is 18.7 Å². The van der Waals surface area contributed by atoms with Crippen LogP contribution in [-0.2, 0) is 9.59 Å². The molecule has 30 heavy (non-hydrogen) atoms. The largest absolute Gasteiger partial charge is 0.507 e. The number of likely N-dealkylation sites (tertiary alicyclic amines) is 1. The molecule has 0 spiro atoms. The number of pyridine rings is 1. The molecular formula is C23H27N3O4. The zero-order valence-electron chi connectivity index (χ0n) is 17.8. The van der Waals surface area contributed by atoms with Crippen molar-refractivity contribution in [2.24, 2.45) is 0 Å². The van der Waals surface area contributed by atoms with Gasteiger partial charge in [0.25, 0.3) is 11.7 Å². The number of aliphatic hydroxyl groups is 1. The third-order valence-electron chi connectivity index (χ3n) is 5.23. The first-order valence-electron chi connectivity index (χ1n) is 9.83. The van der Waals surface area contributed by atoms with Gasteiger partial charge in [-0.05, 0) is 75.4 Å². The number of rotatable bonds is 7. The first kappa shape index (κ1) is 21.5. The highest BCUT2D eigenvalue weighted by molar-refractivity contribution is 6.46. The molecular weight excluding hydrogens is 382 g/mol. The summed E-state index contributed by atoms with van der Waals surface area (Å²) in [5, 5.41) is 11.1. The number of aryl methyl sites for hydroxylation is 1. The van der Waals surface area contributed by atoms with Crippen molar-refractivity contribution in [2.45, 2.75) is 19.4 Å². The normalized spacial score (nSPS) is 18.3. The molecule has 2 aromatic rings. The predicted octanol–water partition coefficient (Wildman–Crippen LogP) is 2.77. The van der Waals surface area contributed by atoms with Gasteiger partial charge in [-0.1, -0.05) is 0 Å². The Bertz CT molecular complexity index is 970. The number of methoxy groups -OCH3 is 1. The van der Waals surface area contributed by atoms with Crippen molar-refractivity contribution < 1.29 is 19.4 Å². The van der Waals surface area contributed by atoms with E-state index in [9.17, 15) is 14.7 Å². The zero-order chi connectivity index (χ0) is 21.8. The second kappa shape index (κ2) is 9.09. The van der Waals surface area contributed by atoms with Gasteiger partial charge in [0.1, 0.15) is 11.5 Å². The van der Waals surface area contributed by atoms with Crippen LogP contribution in [0.5, 0.6) is 5.75 Å². The van der Waals surface area contributed by atoms with Crippen LogP contribution in [-0.4, -0.2) is 65.9 Å². The highest BCUT2D eigenvalue weighted by Crippen LogP contribution is 2.39. The van der Waals surface area contributed by atoms with Gasteiger partial charge >= 0.3 is 0 Å². The van der Waals surface area contributed by atoms with Gasteiger partial charge in [0.15, 0.2) is 0 Å². The number of benzene rings is 1. The van der Waals surface area contributed by atoms with E-state index >= 15 is 0 Å². The molecule has 1 aromatic heterocycles. The van der Waals surface area contributed by atoms with Crippen LogP contribution < -0.4 is 4.74 Å². The number of amides is 1. The van der Waals surface area contributed by atoms with Crippen LogP contribution in [0.3, 0.4) is 0 Å². The van der Waals surface area contributed by atoms with Crippen molar-refractivity contribution in [3.63, 3.8) is 0 Å². The van der Waals surface area contributed by atoms with Gasteiger partial charge in [-0.15, -0.1) is 0 Å². The molecule has 1 aliphatic rings. The maximum absolute atomic E-state index is 13.0. The lowest BCUT2D eigenvalue weighted by atomic mass is 9.95. The highest BCUT2D eigenvalue weighted by atomic mass is 16.5. The Hall–Kier alpha value is -3.19. The number of aliphatic hydroxyl groups excluding tert-OH is 1. The summed E-state index contributed by atoms with van der Waals surface area (Å²) >= 11 is 0. The Morgan fingerprint density at radius 2 is 1.90 bits per heavy atom. The Morgan fingerprint density at radius 3 is 2.50 bits per heavy atom. The maximum atomic E-state index is 13.0. The van der Waals surface area contributed by atoms with Crippen LogP contribution in [0.1, 0.15) is 29.2 Å². The summed E-state index contributed by atoms with van der Waals surface area (Å²) in [5.41, 5.74) is 2.13. The van der Waals surface area contributed by atoms with E-state index in [-0.39, 0.29) is 11.3 Å². The van der Waals surface area contributed by atoms with Gasteiger partial charge in [0, 0.05) is 24.5 Å². The summed E-state index contributed by atoms with van der Waals surface area (Å²) in [7, 11) is 5.49. The van der Waals surface area contributed by atoms with Crippen LogP contribution >= 0.6 is 0 Å². The molecule has 0 radical (unpaired) electrons. The summed E-state index contributed by atoms with van der Waals surface area (Å²) in [5.74, 6) is -0.771. The van der Waals surface area contributed by atoms with Crippen LogP contribution in [0.15, 0.2) is 48.3 Å². The Kier molecular flexibility index (Phi) is 6.52. The fourth-order valence-corrected chi connectivity index (χ4v) is 3.74. The Morgan fingerprint density at radius 1 is 1.20 bits per heavy atom. The minimum Gasteiger partial charge on any atom is -0.507 e. The second-order valence-corrected chi connectivity index (χ2v) is 7.61. The average Bonchev–Trinajstić information content (AvgIpc) is 2.98. The van der Waals surface area contributed by atoms with Crippen LogP contribution in [0.2, 0.25) is 0 Å². The molecule has 1 aliphatic heterocycles. The number of ketones is 1. The van der Waals surface area contributed by atoms with Gasteiger partial charge < -0.3 is 19.6 Å². The lowest BCUT2D eigenvalue weighted by Gasteiger charge is -2.25. The minimum absolute atomic E-state index is 0.0978. The third-order valence-corrected chi connectivity index (χ3v) is 5.23. The molecule has 1 atom stereocenters. The fraction of sp³-hybridized carbons (Fsp3) is 0.348. The number of aromatic nitrogens is 1. The van der Waals surface area contributed by atoms with Crippen molar-refractivity contribution in [2.75, 3.05) is 34.3 Å². The molecule has 0 aliphatic carbocycles. The minimum atomic E-state index is -0.673. The number of nitrogens with zero attached hydrogens (tertiary/aromatic N) is 3. The number of Topliss-reactive ketones (excluding diaryl/α,β-unsaturated/α-hetero) is 1. The highest BCUT2D eigenvalue weighted by Gasteiger charge is 2.45. The third kappa shape index (κ3) is 4.21. The van der Waals surface area contributed by atoms with Crippen molar-refractivity contribution >= 4 is 17.4 Å². The summed E-state index contributed by atoms with van der Waals surface area (Å²) in [6.07, 6.45) is 3.95. The second-order valence-electron chi connectivity index (χ2n) is 7.61. The van der Waals surface area contributed by atoms with Gasteiger partial charge in [-0.2, -0.15) is 0 Å². The monoisotopic (exact) mass is 409 g/mol. The van der Waals surface area contributed by atoms with E-state index < -0.39 is 17.7 Å². The van der Waals surface area contributed by atoms with Crippen molar-refractivity contribution in [3.8, 4) is 5.75 Å². The van der Waals surface area contributed by atoms with E-state index in [0.717, 1.165) is 17.7 Å². The van der Waals surface area contributed by atoms with Crippen LogP contribution in [0.25, 0.3) is 5.76 Å². The predicted molar refractivity (Wildman–Crippen MR) is 114 cm³/mol. The molecule has 0 unspecified atom stereocenters. The number of ether oxygens (including phenoxy) is 1. The molecule has 3 rings (SSSR count). The Balaban J connectivity index is 2.08. The van der Waals surface area contributed by atoms with E-state index in [1.54, 1.807) is 54.7 Å². The van der Waals surface area contributed by atoms with Crippen LogP contribution in [0, 0.1) is 6.92 Å². The number of hydrogen-bond donors (Lipinski definition) is 1. The zero-order valence-corrected chi connectivity index (χ0v) is 17.8. The molecule has 158 valence electrons. The molecule has 1 saturated heterocycles. The molecule has 0 bridgehead atoms. The molecule has 7 nitrogen and oxygen atoms in total. The topological polar surface area (TPSA) is 83.0 Å². The SMILES string of the molecule is COc1ccc(C(O)=C2C(=O)C(=O)N(CCCN(C)C)[C@H]2c2ccncc2)cc1C. The quantitative estimate of drug-likeness (QED) is 0.430. The lowest BCUT2D eigenvalue weighted by Crippen LogP contribution is -2.32. The van der Waals surface area contributed by atoms with Gasteiger partial charge in [0.2, 0.25) is 0 Å². The molecule has 0 saturated carbocycles. The molecule has 1 fully saturated rings. The Labute approximate surface area is 176 Å². The van der Waals surface area contributed by atoms with Crippen molar-refractivity contribution in [1.29, 1.82) is 0 Å². The summed E-state index contributed by atoms with van der Waals surface area (Å²) in [6.45, 7) is 3.05. The summed E-state index contributed by atoms with van der Waals surface area (Å²) < 4.78 is 5.28. The molecule has 7 heteroatoms. The first-order valence-corrected chi connectivity index (χ1v) is 9.83. The smallest absolute Gasteiger partial charge is 0.295 e. The number of carbonyl (C=O) groups is 2. The first-order chi connectivity index (χ1) is 14.3. The summed E-state index contributed by atoms with van der Waals surface area (Å²) in [4.78, 5) is 33.4. The van der Waals surface area contributed by atoms with Gasteiger partial charge in [-0.3, -0.25) is 14.6 Å². The molecule has 1 aromatic carbocycles. The lowest BCUT2D eigenvalue weighted by molar-refractivity contribution is -0.139. The molecule has 1 N–H and O–H groups in total. The summed E-state index contributed by atoms with van der Waals surface area (Å²) in [6, 6.07) is 8.04. The van der Waals surface area contributed by atoms with Crippen LogP contribution in [0.4, 0.5) is 0 Å². The van der Waals surface area contributed by atoms with E-state index in [1.807, 2.05) is 25.9 Å². The van der Waals surface area contributed by atoms with E-state index in [2.05, 4.69) is 4.98 Å².